The second-order valence-electron chi connectivity index (χ2n) is 8.38. The molecule has 2 N–H and O–H groups in total. The highest BCUT2D eigenvalue weighted by atomic mass is 32.2. The monoisotopic (exact) mass is 422 g/mol. The van der Waals surface area contributed by atoms with Gasteiger partial charge in [-0.15, -0.1) is 5.10 Å². The maximum absolute atomic E-state index is 13.1. The Kier molecular flexibility index (Phi) is 4.10. The van der Waals surface area contributed by atoms with E-state index >= 15 is 0 Å². The largest absolute Gasteiger partial charge is 0.508 e. The number of phenols is 1. The lowest BCUT2D eigenvalue weighted by molar-refractivity contribution is -0.137. The van der Waals surface area contributed by atoms with Gasteiger partial charge in [-0.25, -0.2) is 0 Å². The number of ketones is 1. The van der Waals surface area contributed by atoms with Crippen LogP contribution >= 0.6 is 11.8 Å². The summed E-state index contributed by atoms with van der Waals surface area (Å²) in [5, 5.41) is 33.1. The zero-order valence-electron chi connectivity index (χ0n) is 17.0. The Morgan fingerprint density at radius 2 is 1.90 bits per heavy atom. The van der Waals surface area contributed by atoms with Crippen molar-refractivity contribution in [1.82, 2.24) is 20.2 Å². The second kappa shape index (κ2) is 6.39. The van der Waals surface area contributed by atoms with Gasteiger partial charge in [-0.3, -0.25) is 4.79 Å². The molecule has 0 unspecified atom stereocenters. The molecule has 0 bridgehead atoms. The van der Waals surface area contributed by atoms with Crippen LogP contribution < -0.4 is 0 Å². The zero-order chi connectivity index (χ0) is 21.3. The molecule has 5 rings (SSSR count). The van der Waals surface area contributed by atoms with Crippen LogP contribution in [0.15, 0.2) is 63.4 Å². The molecular formula is C22H22N4O3S. The van der Waals surface area contributed by atoms with Crippen molar-refractivity contribution in [2.75, 3.05) is 5.75 Å². The number of nitrogens with zero attached hydrogens (tertiary/aromatic N) is 4. The minimum Gasteiger partial charge on any atom is -0.508 e. The molecule has 1 spiro atoms. The summed E-state index contributed by atoms with van der Waals surface area (Å²) in [5.41, 5.74) is 3.87. The zero-order valence-corrected chi connectivity index (χ0v) is 17.8. The Bertz CT molecular complexity index is 1170. The summed E-state index contributed by atoms with van der Waals surface area (Å²) in [7, 11) is 0. The number of thioether (sulfide) groups is 1. The predicted molar refractivity (Wildman–Crippen MR) is 112 cm³/mol. The van der Waals surface area contributed by atoms with Crippen molar-refractivity contribution in [3.63, 3.8) is 0 Å². The van der Waals surface area contributed by atoms with Crippen molar-refractivity contribution in [3.8, 4) is 11.4 Å². The molecule has 1 saturated carbocycles. The van der Waals surface area contributed by atoms with E-state index in [-0.39, 0.29) is 11.5 Å². The van der Waals surface area contributed by atoms with E-state index in [9.17, 15) is 15.0 Å². The van der Waals surface area contributed by atoms with Crippen LogP contribution in [0.25, 0.3) is 5.69 Å². The average molecular weight is 423 g/mol. The van der Waals surface area contributed by atoms with E-state index in [4.69, 9.17) is 0 Å². The molecule has 1 aromatic carbocycles. The van der Waals surface area contributed by atoms with E-state index < -0.39 is 11.0 Å². The SMILES string of the molecule is CC1=C(CSc2nnnn2-c2ccc(O)cc2)C2=C(C)C3(CC3)[C@@](C)(O)C(=O)C2=C1. The number of aromatic nitrogens is 4. The van der Waals surface area contributed by atoms with E-state index in [1.165, 1.54) is 11.8 Å². The fraction of sp³-hybridized carbons (Fsp3) is 0.364. The molecule has 3 aliphatic rings. The molecule has 2 aromatic rings. The van der Waals surface area contributed by atoms with Crippen LogP contribution in [-0.4, -0.2) is 47.6 Å². The maximum Gasteiger partial charge on any atom is 0.214 e. The standard InChI is InChI=1S/C22H22N4O3S/c1-12-10-16-18(13(2)22(8-9-22)21(3,29)19(16)28)17(12)11-30-20-23-24-25-26(20)14-4-6-15(27)7-5-14/h4-7,10,27,29H,8-9,11H2,1-3H3/t21-/m0/s1. The molecule has 154 valence electrons. The Morgan fingerprint density at radius 1 is 1.20 bits per heavy atom. The Hall–Kier alpha value is -2.71. The summed E-state index contributed by atoms with van der Waals surface area (Å²) in [4.78, 5) is 13.1. The minimum absolute atomic E-state index is 0.172. The quantitative estimate of drug-likeness (QED) is 0.730. The van der Waals surface area contributed by atoms with Gasteiger partial charge in [0.15, 0.2) is 5.78 Å². The number of carbonyl (C=O) groups is 1. The van der Waals surface area contributed by atoms with Crippen LogP contribution in [0.2, 0.25) is 0 Å². The van der Waals surface area contributed by atoms with Crippen molar-refractivity contribution in [2.45, 2.75) is 44.4 Å². The van der Waals surface area contributed by atoms with E-state index in [1.807, 2.05) is 13.0 Å². The Morgan fingerprint density at radius 3 is 2.57 bits per heavy atom. The van der Waals surface area contributed by atoms with Gasteiger partial charge < -0.3 is 10.2 Å². The molecule has 7 nitrogen and oxygen atoms in total. The van der Waals surface area contributed by atoms with Gasteiger partial charge in [0.2, 0.25) is 5.16 Å². The lowest BCUT2D eigenvalue weighted by Crippen LogP contribution is -2.49. The van der Waals surface area contributed by atoms with Gasteiger partial charge >= 0.3 is 0 Å². The van der Waals surface area contributed by atoms with Crippen molar-refractivity contribution < 1.29 is 15.0 Å². The van der Waals surface area contributed by atoms with E-state index in [1.54, 1.807) is 35.9 Å². The number of allylic oxidation sites excluding steroid dienone is 3. The van der Waals surface area contributed by atoms with Gasteiger partial charge in [-0.2, -0.15) is 4.68 Å². The van der Waals surface area contributed by atoms with Crippen molar-refractivity contribution >= 4 is 17.5 Å². The summed E-state index contributed by atoms with van der Waals surface area (Å²) in [6.45, 7) is 5.73. The molecule has 1 atom stereocenters. The van der Waals surface area contributed by atoms with Gasteiger partial charge in [0.1, 0.15) is 11.4 Å². The highest BCUT2D eigenvalue weighted by Gasteiger charge is 2.65. The number of benzene rings is 1. The lowest BCUT2D eigenvalue weighted by atomic mass is 9.67. The summed E-state index contributed by atoms with van der Waals surface area (Å²) in [5.74, 6) is 0.622. The molecule has 30 heavy (non-hydrogen) atoms. The van der Waals surface area contributed by atoms with Crippen molar-refractivity contribution in [1.29, 1.82) is 0 Å². The van der Waals surface area contributed by atoms with Gasteiger partial charge in [-0.05, 0) is 91.1 Å². The number of fused-ring (bicyclic) bond motifs is 1. The van der Waals surface area contributed by atoms with Crippen LogP contribution in [-0.2, 0) is 4.79 Å². The molecule has 1 heterocycles. The van der Waals surface area contributed by atoms with Crippen molar-refractivity contribution in [3.05, 3.63) is 58.2 Å². The predicted octanol–water partition coefficient (Wildman–Crippen LogP) is 3.15. The van der Waals surface area contributed by atoms with Crippen LogP contribution in [0, 0.1) is 5.41 Å². The molecule has 8 heteroatoms. The highest BCUT2D eigenvalue weighted by molar-refractivity contribution is 7.99. The summed E-state index contributed by atoms with van der Waals surface area (Å²) >= 11 is 1.50. The van der Waals surface area contributed by atoms with Crippen LogP contribution in [0.5, 0.6) is 5.75 Å². The third kappa shape index (κ3) is 2.56. The number of hydrogen-bond acceptors (Lipinski definition) is 7. The highest BCUT2D eigenvalue weighted by Crippen LogP contribution is 2.65. The van der Waals surface area contributed by atoms with Gasteiger partial charge in [-0.1, -0.05) is 17.3 Å². The van der Waals surface area contributed by atoms with Gasteiger partial charge in [0, 0.05) is 16.7 Å². The molecule has 0 radical (unpaired) electrons. The van der Waals surface area contributed by atoms with E-state index in [0.717, 1.165) is 40.8 Å². The number of Topliss-reactive ketones (excluding diaryl/α,β-unsaturated/α-hetero) is 1. The topological polar surface area (TPSA) is 101 Å². The summed E-state index contributed by atoms with van der Waals surface area (Å²) in [6, 6.07) is 6.68. The number of aliphatic hydroxyl groups is 1. The van der Waals surface area contributed by atoms with E-state index in [2.05, 4.69) is 22.4 Å². The van der Waals surface area contributed by atoms with E-state index in [0.29, 0.717) is 16.5 Å². The number of phenolic OH excluding ortho intramolecular Hbond substituents is 1. The first-order valence-electron chi connectivity index (χ1n) is 9.87. The third-order valence-corrected chi connectivity index (χ3v) is 7.70. The van der Waals surface area contributed by atoms with Crippen LogP contribution in [0.1, 0.15) is 33.6 Å². The molecule has 0 saturated heterocycles. The first-order chi connectivity index (χ1) is 14.3. The molecule has 1 fully saturated rings. The summed E-state index contributed by atoms with van der Waals surface area (Å²) < 4.78 is 1.63. The van der Waals surface area contributed by atoms with Gasteiger partial charge in [0.05, 0.1) is 5.69 Å². The fourth-order valence-electron chi connectivity index (χ4n) is 4.76. The summed E-state index contributed by atoms with van der Waals surface area (Å²) in [6.07, 6.45) is 3.59. The average Bonchev–Trinajstić information content (AvgIpc) is 3.30. The third-order valence-electron chi connectivity index (χ3n) is 6.75. The Labute approximate surface area is 178 Å². The molecule has 0 amide bonds. The number of hydrogen-bond donors (Lipinski definition) is 2. The number of tetrazole rings is 1. The van der Waals surface area contributed by atoms with Gasteiger partial charge in [0.25, 0.3) is 0 Å². The van der Waals surface area contributed by atoms with Crippen LogP contribution in [0.3, 0.4) is 0 Å². The normalized spacial score (nSPS) is 24.5. The molecule has 0 aliphatic heterocycles. The first kappa shape index (κ1) is 19.3. The Balaban J connectivity index is 1.45. The minimum atomic E-state index is -1.34. The lowest BCUT2D eigenvalue weighted by Gasteiger charge is -2.39. The molecule has 3 aliphatic carbocycles. The molecule has 1 aromatic heterocycles. The number of carbonyl (C=O) groups excluding carboxylic acids is 1. The second-order valence-corrected chi connectivity index (χ2v) is 9.32. The number of aromatic hydroxyl groups is 1. The first-order valence-corrected chi connectivity index (χ1v) is 10.9. The molecular weight excluding hydrogens is 400 g/mol. The maximum atomic E-state index is 13.1. The smallest absolute Gasteiger partial charge is 0.214 e. The fourth-order valence-corrected chi connectivity index (χ4v) is 5.77. The van der Waals surface area contributed by atoms with Crippen molar-refractivity contribution in [2.24, 2.45) is 5.41 Å². The number of rotatable bonds is 4. The van der Waals surface area contributed by atoms with Crippen LogP contribution in [0.4, 0.5) is 0 Å².